The van der Waals surface area contributed by atoms with E-state index in [0.29, 0.717) is 16.1 Å². The fourth-order valence-electron chi connectivity index (χ4n) is 2.18. The number of halogens is 2. The van der Waals surface area contributed by atoms with E-state index in [1.165, 1.54) is 0 Å². The summed E-state index contributed by atoms with van der Waals surface area (Å²) < 4.78 is 0. The Bertz CT molecular complexity index is 569. The molecule has 1 atom stereocenters. The number of nitrogens with one attached hydrogen (secondary N) is 1. The second-order valence-corrected chi connectivity index (χ2v) is 6.49. The number of hydrogen-bond acceptors (Lipinski definition) is 3. The number of thiazole rings is 1. The Morgan fingerprint density at radius 1 is 1.30 bits per heavy atom. The molecule has 1 aromatic heterocycles. The first-order chi connectivity index (χ1) is 9.60. The van der Waals surface area contributed by atoms with E-state index in [9.17, 15) is 0 Å². The Labute approximate surface area is 134 Å². The van der Waals surface area contributed by atoms with E-state index in [4.69, 9.17) is 23.2 Å². The molecule has 0 bridgehead atoms. The monoisotopic (exact) mass is 328 g/mol. The van der Waals surface area contributed by atoms with Crippen LogP contribution >= 0.6 is 34.5 Å². The molecular formula is C15H18Cl2N2S. The second kappa shape index (κ2) is 7.41. The number of aromatic nitrogens is 1. The standard InChI is InChI=1S/C15H18Cl2N2S/c1-3-18-12(8-14-19-10(2)9-20-14)7-11-5-4-6-13(16)15(11)17/h4-6,9,12,18H,3,7-8H2,1-2H3. The van der Waals surface area contributed by atoms with Crippen LogP contribution in [0.25, 0.3) is 0 Å². The molecule has 0 saturated heterocycles. The van der Waals surface area contributed by atoms with Gasteiger partial charge in [0.1, 0.15) is 0 Å². The third kappa shape index (κ3) is 4.19. The SMILES string of the molecule is CCNC(Cc1nc(C)cs1)Cc1cccc(Cl)c1Cl. The number of aryl methyl sites for hydroxylation is 1. The molecule has 1 heterocycles. The van der Waals surface area contributed by atoms with Gasteiger partial charge in [-0.15, -0.1) is 11.3 Å². The number of nitrogens with zero attached hydrogens (tertiary/aromatic N) is 1. The Morgan fingerprint density at radius 2 is 2.10 bits per heavy atom. The largest absolute Gasteiger partial charge is 0.314 e. The lowest BCUT2D eigenvalue weighted by molar-refractivity contribution is 0.520. The van der Waals surface area contributed by atoms with Gasteiger partial charge in [-0.05, 0) is 31.5 Å². The highest BCUT2D eigenvalue weighted by Crippen LogP contribution is 2.27. The van der Waals surface area contributed by atoms with E-state index in [1.807, 2.05) is 25.1 Å². The van der Waals surface area contributed by atoms with Gasteiger partial charge >= 0.3 is 0 Å². The maximum atomic E-state index is 6.27. The molecule has 2 aromatic rings. The number of hydrogen-bond donors (Lipinski definition) is 1. The van der Waals surface area contributed by atoms with Gasteiger partial charge in [0.05, 0.1) is 15.1 Å². The smallest absolute Gasteiger partial charge is 0.0943 e. The Morgan fingerprint density at radius 3 is 2.75 bits per heavy atom. The average Bonchev–Trinajstić information content (AvgIpc) is 2.81. The van der Waals surface area contributed by atoms with Gasteiger partial charge in [0.25, 0.3) is 0 Å². The van der Waals surface area contributed by atoms with Crippen molar-refractivity contribution >= 4 is 34.5 Å². The van der Waals surface area contributed by atoms with Gasteiger partial charge < -0.3 is 5.32 Å². The third-order valence-corrected chi connectivity index (χ3v) is 4.93. The molecule has 1 N–H and O–H groups in total. The molecule has 5 heteroatoms. The second-order valence-electron chi connectivity index (χ2n) is 4.76. The van der Waals surface area contributed by atoms with Crippen LogP contribution in [0.5, 0.6) is 0 Å². The normalized spacial score (nSPS) is 12.6. The fourth-order valence-corrected chi connectivity index (χ4v) is 3.43. The van der Waals surface area contributed by atoms with E-state index in [2.05, 4.69) is 22.6 Å². The molecule has 0 aliphatic carbocycles. The summed E-state index contributed by atoms with van der Waals surface area (Å²) in [5.41, 5.74) is 2.17. The van der Waals surface area contributed by atoms with Crippen molar-refractivity contribution in [1.29, 1.82) is 0 Å². The van der Waals surface area contributed by atoms with Crippen molar-refractivity contribution in [1.82, 2.24) is 10.3 Å². The van der Waals surface area contributed by atoms with Gasteiger partial charge in [-0.25, -0.2) is 4.98 Å². The van der Waals surface area contributed by atoms with Crippen molar-refractivity contribution in [3.05, 3.63) is 49.9 Å². The van der Waals surface area contributed by atoms with E-state index in [-0.39, 0.29) is 0 Å². The van der Waals surface area contributed by atoms with Crippen molar-refractivity contribution in [2.45, 2.75) is 32.7 Å². The predicted molar refractivity (Wildman–Crippen MR) is 88.2 cm³/mol. The zero-order valence-corrected chi connectivity index (χ0v) is 13.9. The highest BCUT2D eigenvalue weighted by molar-refractivity contribution is 7.09. The predicted octanol–water partition coefficient (Wildman–Crippen LogP) is 4.52. The minimum atomic E-state index is 0.321. The molecule has 108 valence electrons. The van der Waals surface area contributed by atoms with E-state index >= 15 is 0 Å². The molecular weight excluding hydrogens is 311 g/mol. The van der Waals surface area contributed by atoms with E-state index in [0.717, 1.165) is 35.7 Å². The molecule has 0 fully saturated rings. The van der Waals surface area contributed by atoms with Gasteiger partial charge in [-0.3, -0.25) is 0 Å². The molecule has 0 aliphatic heterocycles. The Kier molecular flexibility index (Phi) is 5.85. The lowest BCUT2D eigenvalue weighted by Gasteiger charge is -2.17. The first-order valence-corrected chi connectivity index (χ1v) is 8.31. The van der Waals surface area contributed by atoms with Crippen molar-refractivity contribution in [3.8, 4) is 0 Å². The van der Waals surface area contributed by atoms with Crippen LogP contribution in [0.4, 0.5) is 0 Å². The number of benzene rings is 1. The molecule has 0 saturated carbocycles. The van der Waals surface area contributed by atoms with Crippen LogP contribution in [0, 0.1) is 6.92 Å². The topological polar surface area (TPSA) is 24.9 Å². The first kappa shape index (κ1) is 15.8. The van der Waals surface area contributed by atoms with E-state index < -0.39 is 0 Å². The van der Waals surface area contributed by atoms with Gasteiger partial charge in [-0.2, -0.15) is 0 Å². The minimum Gasteiger partial charge on any atom is -0.314 e. The molecule has 20 heavy (non-hydrogen) atoms. The highest BCUT2D eigenvalue weighted by Gasteiger charge is 2.14. The van der Waals surface area contributed by atoms with Crippen molar-refractivity contribution in [2.24, 2.45) is 0 Å². The number of rotatable bonds is 6. The minimum absolute atomic E-state index is 0.321. The molecule has 2 nitrogen and oxygen atoms in total. The van der Waals surface area contributed by atoms with Gasteiger partial charge in [0.2, 0.25) is 0 Å². The van der Waals surface area contributed by atoms with Crippen LogP contribution < -0.4 is 5.32 Å². The molecule has 0 radical (unpaired) electrons. The number of likely N-dealkylation sites (N-methyl/N-ethyl adjacent to an activating group) is 1. The Hall–Kier alpha value is -0.610. The van der Waals surface area contributed by atoms with Gasteiger partial charge in [0, 0.05) is 23.5 Å². The van der Waals surface area contributed by atoms with Crippen LogP contribution in [0.3, 0.4) is 0 Å². The molecule has 0 aliphatic rings. The van der Waals surface area contributed by atoms with E-state index in [1.54, 1.807) is 11.3 Å². The zero-order valence-electron chi connectivity index (χ0n) is 11.6. The molecule has 2 rings (SSSR count). The summed E-state index contributed by atoms with van der Waals surface area (Å²) in [5, 5.41) is 8.02. The lowest BCUT2D eigenvalue weighted by atomic mass is 10.0. The summed E-state index contributed by atoms with van der Waals surface area (Å²) in [7, 11) is 0. The third-order valence-electron chi connectivity index (χ3n) is 3.08. The fraction of sp³-hybridized carbons (Fsp3) is 0.400. The summed E-state index contributed by atoms with van der Waals surface area (Å²) in [6.07, 6.45) is 1.76. The van der Waals surface area contributed by atoms with Crippen LogP contribution in [0.1, 0.15) is 23.2 Å². The lowest BCUT2D eigenvalue weighted by Crippen LogP contribution is -2.33. The van der Waals surface area contributed by atoms with Crippen LogP contribution in [0.15, 0.2) is 23.6 Å². The summed E-state index contributed by atoms with van der Waals surface area (Å²) in [4.78, 5) is 4.53. The molecule has 0 amide bonds. The van der Waals surface area contributed by atoms with Crippen LogP contribution in [-0.2, 0) is 12.8 Å². The molecule has 0 spiro atoms. The summed E-state index contributed by atoms with van der Waals surface area (Å²) >= 11 is 14.1. The molecule has 1 unspecified atom stereocenters. The van der Waals surface area contributed by atoms with Crippen LogP contribution in [-0.4, -0.2) is 17.6 Å². The Balaban J connectivity index is 2.10. The van der Waals surface area contributed by atoms with Crippen molar-refractivity contribution < 1.29 is 0 Å². The van der Waals surface area contributed by atoms with Crippen LogP contribution in [0.2, 0.25) is 10.0 Å². The zero-order chi connectivity index (χ0) is 14.5. The van der Waals surface area contributed by atoms with Gasteiger partial charge in [-0.1, -0.05) is 42.3 Å². The maximum absolute atomic E-state index is 6.27. The average molecular weight is 329 g/mol. The summed E-state index contributed by atoms with van der Waals surface area (Å²) in [6, 6.07) is 6.12. The highest BCUT2D eigenvalue weighted by atomic mass is 35.5. The summed E-state index contributed by atoms with van der Waals surface area (Å²) in [5.74, 6) is 0. The van der Waals surface area contributed by atoms with Crippen molar-refractivity contribution in [2.75, 3.05) is 6.54 Å². The van der Waals surface area contributed by atoms with Gasteiger partial charge in [0.15, 0.2) is 0 Å². The molecule has 1 aromatic carbocycles. The van der Waals surface area contributed by atoms with Crippen molar-refractivity contribution in [3.63, 3.8) is 0 Å². The summed E-state index contributed by atoms with van der Waals surface area (Å²) in [6.45, 7) is 5.06. The maximum Gasteiger partial charge on any atom is 0.0943 e. The quantitative estimate of drug-likeness (QED) is 0.843. The first-order valence-electron chi connectivity index (χ1n) is 6.67.